The molecule has 112 valence electrons. The molecule has 0 unspecified atom stereocenters. The number of carbonyl (C=O) groups is 1. The van der Waals surface area contributed by atoms with Crippen molar-refractivity contribution in [2.45, 2.75) is 26.7 Å². The van der Waals surface area contributed by atoms with E-state index in [9.17, 15) is 4.79 Å². The second-order valence-corrected chi connectivity index (χ2v) is 6.06. The molecule has 0 spiro atoms. The monoisotopic (exact) mass is 303 g/mol. The van der Waals surface area contributed by atoms with Gasteiger partial charge in [0.05, 0.1) is 13.0 Å². The lowest BCUT2D eigenvalue weighted by Crippen LogP contribution is -2.26. The standard InChI is InChI=1S/C17H21NO2S/c1-13-5-6-15(12-14(13)2)20-10-8-17(19)18-9-7-16-4-3-11-21-16/h3-6,11-12H,7-10H2,1-2H3,(H,18,19). The Morgan fingerprint density at radius 1 is 1.24 bits per heavy atom. The lowest BCUT2D eigenvalue weighted by Gasteiger charge is -2.08. The number of aryl methyl sites for hydroxylation is 2. The van der Waals surface area contributed by atoms with Crippen molar-refractivity contribution in [2.75, 3.05) is 13.2 Å². The van der Waals surface area contributed by atoms with Gasteiger partial charge in [-0.25, -0.2) is 0 Å². The summed E-state index contributed by atoms with van der Waals surface area (Å²) in [4.78, 5) is 13.0. The number of carbonyl (C=O) groups excluding carboxylic acids is 1. The molecule has 0 aliphatic heterocycles. The summed E-state index contributed by atoms with van der Waals surface area (Å²) in [6, 6.07) is 10.1. The van der Waals surface area contributed by atoms with Crippen molar-refractivity contribution in [1.29, 1.82) is 0 Å². The van der Waals surface area contributed by atoms with Crippen molar-refractivity contribution in [3.63, 3.8) is 0 Å². The predicted molar refractivity (Wildman–Crippen MR) is 87.1 cm³/mol. The number of hydrogen-bond donors (Lipinski definition) is 1. The maximum Gasteiger partial charge on any atom is 0.223 e. The quantitative estimate of drug-likeness (QED) is 0.850. The van der Waals surface area contributed by atoms with Gasteiger partial charge in [-0.15, -0.1) is 11.3 Å². The van der Waals surface area contributed by atoms with Crippen LogP contribution in [0.15, 0.2) is 35.7 Å². The Morgan fingerprint density at radius 3 is 2.81 bits per heavy atom. The summed E-state index contributed by atoms with van der Waals surface area (Å²) in [5.41, 5.74) is 2.45. The third-order valence-electron chi connectivity index (χ3n) is 3.35. The molecule has 1 aromatic carbocycles. The zero-order chi connectivity index (χ0) is 15.1. The highest BCUT2D eigenvalue weighted by atomic mass is 32.1. The molecule has 21 heavy (non-hydrogen) atoms. The van der Waals surface area contributed by atoms with Crippen LogP contribution in [0.1, 0.15) is 22.4 Å². The van der Waals surface area contributed by atoms with E-state index in [2.05, 4.69) is 30.6 Å². The lowest BCUT2D eigenvalue weighted by molar-refractivity contribution is -0.121. The average Bonchev–Trinajstić information content (AvgIpc) is 2.96. The van der Waals surface area contributed by atoms with Gasteiger partial charge < -0.3 is 10.1 Å². The smallest absolute Gasteiger partial charge is 0.223 e. The molecule has 1 N–H and O–H groups in total. The Balaban J connectivity index is 1.63. The molecule has 2 aromatic rings. The highest BCUT2D eigenvalue weighted by Crippen LogP contribution is 2.16. The molecule has 1 amide bonds. The Bertz CT molecular complexity index is 578. The molecule has 1 heterocycles. The summed E-state index contributed by atoms with van der Waals surface area (Å²) in [5, 5.41) is 4.97. The maximum atomic E-state index is 11.7. The van der Waals surface area contributed by atoms with Crippen molar-refractivity contribution < 1.29 is 9.53 Å². The van der Waals surface area contributed by atoms with Gasteiger partial charge in [0.15, 0.2) is 0 Å². The summed E-state index contributed by atoms with van der Waals surface area (Å²) in [7, 11) is 0. The first-order chi connectivity index (χ1) is 10.1. The Kier molecular flexibility index (Phi) is 5.81. The van der Waals surface area contributed by atoms with Gasteiger partial charge in [0.1, 0.15) is 5.75 Å². The van der Waals surface area contributed by atoms with E-state index < -0.39 is 0 Å². The van der Waals surface area contributed by atoms with Crippen molar-refractivity contribution in [2.24, 2.45) is 0 Å². The normalized spacial score (nSPS) is 10.4. The van der Waals surface area contributed by atoms with Crippen LogP contribution in [0.25, 0.3) is 0 Å². The van der Waals surface area contributed by atoms with Crippen molar-refractivity contribution in [3.8, 4) is 5.75 Å². The van der Waals surface area contributed by atoms with Crippen molar-refractivity contribution >= 4 is 17.2 Å². The number of amides is 1. The highest BCUT2D eigenvalue weighted by molar-refractivity contribution is 7.09. The number of hydrogen-bond acceptors (Lipinski definition) is 3. The van der Waals surface area contributed by atoms with Gasteiger partial charge in [-0.05, 0) is 55.0 Å². The fourth-order valence-electron chi connectivity index (χ4n) is 1.93. The molecule has 0 aliphatic carbocycles. The van der Waals surface area contributed by atoms with Gasteiger partial charge in [-0.2, -0.15) is 0 Å². The number of thiophene rings is 1. The molecule has 0 radical (unpaired) electrons. The molecule has 3 nitrogen and oxygen atoms in total. The first kappa shape index (κ1) is 15.6. The molecule has 1 aromatic heterocycles. The van der Waals surface area contributed by atoms with E-state index in [1.54, 1.807) is 11.3 Å². The molecule has 0 saturated carbocycles. The van der Waals surface area contributed by atoms with Crippen LogP contribution in [-0.4, -0.2) is 19.1 Å². The van der Waals surface area contributed by atoms with Crippen LogP contribution in [0.2, 0.25) is 0 Å². The molecular weight excluding hydrogens is 282 g/mol. The molecule has 0 fully saturated rings. The van der Waals surface area contributed by atoms with Crippen molar-refractivity contribution in [3.05, 3.63) is 51.7 Å². The van der Waals surface area contributed by atoms with Gasteiger partial charge in [0.2, 0.25) is 5.91 Å². The van der Waals surface area contributed by atoms with E-state index in [-0.39, 0.29) is 5.91 Å². The second kappa shape index (κ2) is 7.84. The van der Waals surface area contributed by atoms with Crippen LogP contribution < -0.4 is 10.1 Å². The first-order valence-electron chi connectivity index (χ1n) is 7.14. The third-order valence-corrected chi connectivity index (χ3v) is 4.29. The lowest BCUT2D eigenvalue weighted by atomic mass is 10.1. The molecule has 0 atom stereocenters. The van der Waals surface area contributed by atoms with Gasteiger partial charge in [-0.3, -0.25) is 4.79 Å². The number of benzene rings is 1. The van der Waals surface area contributed by atoms with Crippen LogP contribution in [-0.2, 0) is 11.2 Å². The van der Waals surface area contributed by atoms with Crippen LogP contribution in [0.3, 0.4) is 0 Å². The topological polar surface area (TPSA) is 38.3 Å². The zero-order valence-corrected chi connectivity index (χ0v) is 13.3. The number of nitrogens with one attached hydrogen (secondary N) is 1. The van der Waals surface area contributed by atoms with Gasteiger partial charge in [-0.1, -0.05) is 12.1 Å². The second-order valence-electron chi connectivity index (χ2n) is 5.02. The van der Waals surface area contributed by atoms with E-state index in [1.165, 1.54) is 16.0 Å². The largest absolute Gasteiger partial charge is 0.493 e. The Hall–Kier alpha value is -1.81. The van der Waals surface area contributed by atoms with Crippen molar-refractivity contribution in [1.82, 2.24) is 5.32 Å². The van der Waals surface area contributed by atoms with Crippen LogP contribution >= 0.6 is 11.3 Å². The minimum atomic E-state index is 0.0374. The minimum absolute atomic E-state index is 0.0374. The fraction of sp³-hybridized carbons (Fsp3) is 0.353. The average molecular weight is 303 g/mol. The van der Waals surface area contributed by atoms with Gasteiger partial charge in [0.25, 0.3) is 0 Å². The first-order valence-corrected chi connectivity index (χ1v) is 8.02. The van der Waals surface area contributed by atoms with Gasteiger partial charge >= 0.3 is 0 Å². The summed E-state index contributed by atoms with van der Waals surface area (Å²) in [5.74, 6) is 0.861. The molecule has 0 aliphatic rings. The Morgan fingerprint density at radius 2 is 2.10 bits per heavy atom. The molecular formula is C17H21NO2S. The zero-order valence-electron chi connectivity index (χ0n) is 12.5. The summed E-state index contributed by atoms with van der Waals surface area (Å²) >= 11 is 1.72. The van der Waals surface area contributed by atoms with E-state index in [0.717, 1.165) is 12.2 Å². The summed E-state index contributed by atoms with van der Waals surface area (Å²) < 4.78 is 5.61. The van der Waals surface area contributed by atoms with Crippen LogP contribution in [0, 0.1) is 13.8 Å². The molecule has 2 rings (SSSR count). The van der Waals surface area contributed by atoms with E-state index in [4.69, 9.17) is 4.74 Å². The highest BCUT2D eigenvalue weighted by Gasteiger charge is 2.03. The van der Waals surface area contributed by atoms with Crippen LogP contribution in [0.5, 0.6) is 5.75 Å². The Labute approximate surface area is 130 Å². The minimum Gasteiger partial charge on any atom is -0.493 e. The summed E-state index contributed by atoms with van der Waals surface area (Å²) in [6.07, 6.45) is 1.28. The molecule has 0 saturated heterocycles. The molecule has 0 bridgehead atoms. The SMILES string of the molecule is Cc1ccc(OCCC(=O)NCCc2cccs2)cc1C. The van der Waals surface area contributed by atoms with E-state index in [1.807, 2.05) is 24.3 Å². The van der Waals surface area contributed by atoms with Crippen LogP contribution in [0.4, 0.5) is 0 Å². The predicted octanol–water partition coefficient (Wildman–Crippen LogP) is 3.49. The van der Waals surface area contributed by atoms with E-state index in [0.29, 0.717) is 19.6 Å². The molecule has 4 heteroatoms. The maximum absolute atomic E-state index is 11.7. The number of ether oxygens (including phenoxy) is 1. The van der Waals surface area contributed by atoms with Gasteiger partial charge in [0, 0.05) is 11.4 Å². The van der Waals surface area contributed by atoms with E-state index >= 15 is 0 Å². The third kappa shape index (κ3) is 5.23. The number of rotatable bonds is 7. The summed E-state index contributed by atoms with van der Waals surface area (Å²) in [6.45, 7) is 5.22. The fourth-order valence-corrected chi connectivity index (χ4v) is 2.64.